The van der Waals surface area contributed by atoms with Gasteiger partial charge in [0.1, 0.15) is 0 Å². The number of rotatable bonds is 1. The number of hydrogen-bond acceptors (Lipinski definition) is 3. The number of methoxy groups -OCH3 is 1. The van der Waals surface area contributed by atoms with Crippen molar-refractivity contribution < 1.29 is 14.6 Å². The van der Waals surface area contributed by atoms with Gasteiger partial charge in [0.05, 0.1) is 19.8 Å². The number of amides is 1. The van der Waals surface area contributed by atoms with E-state index in [1.54, 1.807) is 4.90 Å². The van der Waals surface area contributed by atoms with Crippen LogP contribution in [-0.2, 0) is 4.74 Å². The van der Waals surface area contributed by atoms with Gasteiger partial charge in [-0.05, 0) is 24.7 Å². The van der Waals surface area contributed by atoms with E-state index in [1.165, 1.54) is 20.0 Å². The highest BCUT2D eigenvalue weighted by atomic mass is 16.5. The summed E-state index contributed by atoms with van der Waals surface area (Å²) in [5.74, 6) is 0.947. The standard InChI is InChI=1S/C11H19NO3/c1-7-8-4-3-5-9(8)12(10(7)6-13)11(14)15-2/h7-10,13H,3-6H2,1-2H3/t7-,8+,9+,10-/m0/s1. The minimum Gasteiger partial charge on any atom is -0.453 e. The monoisotopic (exact) mass is 213 g/mol. The van der Waals surface area contributed by atoms with Gasteiger partial charge >= 0.3 is 6.09 Å². The van der Waals surface area contributed by atoms with Gasteiger partial charge in [0.15, 0.2) is 0 Å². The summed E-state index contributed by atoms with van der Waals surface area (Å²) in [5, 5.41) is 9.36. The molecule has 4 nitrogen and oxygen atoms in total. The van der Waals surface area contributed by atoms with Gasteiger partial charge in [-0.2, -0.15) is 0 Å². The molecule has 2 fully saturated rings. The lowest BCUT2D eigenvalue weighted by molar-refractivity contribution is 0.0781. The molecule has 1 aliphatic heterocycles. The first-order valence-corrected chi connectivity index (χ1v) is 5.67. The van der Waals surface area contributed by atoms with E-state index in [9.17, 15) is 9.90 Å². The fourth-order valence-electron chi connectivity index (χ4n) is 3.34. The summed E-state index contributed by atoms with van der Waals surface area (Å²) < 4.78 is 4.80. The zero-order chi connectivity index (χ0) is 11.0. The number of nitrogens with zero attached hydrogens (tertiary/aromatic N) is 1. The normalized spacial score (nSPS) is 39.3. The molecule has 1 amide bonds. The predicted molar refractivity (Wildman–Crippen MR) is 55.4 cm³/mol. The maximum atomic E-state index is 11.7. The molecule has 0 aromatic rings. The maximum absolute atomic E-state index is 11.7. The Bertz CT molecular complexity index is 254. The number of likely N-dealkylation sites (tertiary alicyclic amines) is 1. The Labute approximate surface area is 90.2 Å². The number of aliphatic hydroxyl groups excluding tert-OH is 1. The molecule has 86 valence electrons. The molecule has 0 aromatic carbocycles. The topological polar surface area (TPSA) is 49.8 Å². The van der Waals surface area contributed by atoms with E-state index < -0.39 is 0 Å². The zero-order valence-electron chi connectivity index (χ0n) is 9.35. The molecule has 2 aliphatic rings. The Kier molecular flexibility index (Phi) is 2.87. The lowest BCUT2D eigenvalue weighted by Crippen LogP contribution is -2.43. The van der Waals surface area contributed by atoms with Crippen molar-refractivity contribution in [3.05, 3.63) is 0 Å². The van der Waals surface area contributed by atoms with Crippen molar-refractivity contribution in [3.63, 3.8) is 0 Å². The highest BCUT2D eigenvalue weighted by Crippen LogP contribution is 2.44. The Balaban J connectivity index is 2.21. The summed E-state index contributed by atoms with van der Waals surface area (Å²) in [7, 11) is 1.41. The van der Waals surface area contributed by atoms with Gasteiger partial charge in [-0.25, -0.2) is 4.79 Å². The number of aliphatic hydroxyl groups is 1. The summed E-state index contributed by atoms with van der Waals surface area (Å²) in [4.78, 5) is 13.4. The van der Waals surface area contributed by atoms with Gasteiger partial charge in [0.25, 0.3) is 0 Å². The van der Waals surface area contributed by atoms with Gasteiger partial charge in [-0.3, -0.25) is 4.90 Å². The number of carbonyl (C=O) groups is 1. The molecule has 4 atom stereocenters. The van der Waals surface area contributed by atoms with Crippen molar-refractivity contribution in [2.45, 2.75) is 38.3 Å². The Hall–Kier alpha value is -0.770. The second kappa shape index (κ2) is 4.00. The maximum Gasteiger partial charge on any atom is 0.410 e. The molecule has 4 heteroatoms. The van der Waals surface area contributed by atoms with Crippen molar-refractivity contribution in [1.29, 1.82) is 0 Å². The summed E-state index contributed by atoms with van der Waals surface area (Å²) in [6.07, 6.45) is 3.14. The predicted octanol–water partition coefficient (Wildman–Crippen LogP) is 1.23. The molecule has 0 unspecified atom stereocenters. The Morgan fingerprint density at radius 3 is 2.87 bits per heavy atom. The second-order valence-corrected chi connectivity index (χ2v) is 4.65. The van der Waals surface area contributed by atoms with Crippen molar-refractivity contribution in [3.8, 4) is 0 Å². The first-order valence-electron chi connectivity index (χ1n) is 5.67. The van der Waals surface area contributed by atoms with Gasteiger partial charge in [0, 0.05) is 6.04 Å². The van der Waals surface area contributed by atoms with Crippen LogP contribution >= 0.6 is 0 Å². The largest absolute Gasteiger partial charge is 0.453 e. The molecular formula is C11H19NO3. The van der Waals surface area contributed by atoms with Crippen LogP contribution in [0.2, 0.25) is 0 Å². The summed E-state index contributed by atoms with van der Waals surface area (Å²) in [5.41, 5.74) is 0. The highest BCUT2D eigenvalue weighted by Gasteiger charge is 2.50. The van der Waals surface area contributed by atoms with E-state index in [4.69, 9.17) is 4.74 Å². The fraction of sp³-hybridized carbons (Fsp3) is 0.909. The minimum absolute atomic E-state index is 0.0449. The van der Waals surface area contributed by atoms with Crippen molar-refractivity contribution >= 4 is 6.09 Å². The third-order valence-corrected chi connectivity index (χ3v) is 4.10. The van der Waals surface area contributed by atoms with Crippen LogP contribution in [-0.4, -0.2) is 41.9 Å². The lowest BCUT2D eigenvalue weighted by Gasteiger charge is -2.27. The van der Waals surface area contributed by atoms with Gasteiger partial charge in [0.2, 0.25) is 0 Å². The first-order chi connectivity index (χ1) is 7.20. The van der Waals surface area contributed by atoms with Crippen LogP contribution in [0.3, 0.4) is 0 Å². The van der Waals surface area contributed by atoms with Crippen LogP contribution in [0.5, 0.6) is 0 Å². The van der Waals surface area contributed by atoms with Crippen molar-refractivity contribution in [2.75, 3.05) is 13.7 Å². The molecule has 1 N–H and O–H groups in total. The van der Waals surface area contributed by atoms with Gasteiger partial charge in [-0.15, -0.1) is 0 Å². The highest BCUT2D eigenvalue weighted by molar-refractivity contribution is 5.69. The van der Waals surface area contributed by atoms with Gasteiger partial charge in [-0.1, -0.05) is 13.3 Å². The van der Waals surface area contributed by atoms with E-state index in [1.807, 2.05) is 0 Å². The molecule has 0 aromatic heterocycles. The fourth-order valence-corrected chi connectivity index (χ4v) is 3.34. The van der Waals surface area contributed by atoms with Crippen molar-refractivity contribution in [2.24, 2.45) is 11.8 Å². The SMILES string of the molecule is COC(=O)N1[C@@H]2CCC[C@@H]2[C@H](C)[C@@H]1CO. The molecule has 1 heterocycles. The molecule has 0 spiro atoms. The number of hydrogen-bond donors (Lipinski definition) is 1. The number of ether oxygens (including phenoxy) is 1. The van der Waals surface area contributed by atoms with Crippen LogP contribution in [0.15, 0.2) is 0 Å². The Morgan fingerprint density at radius 1 is 1.53 bits per heavy atom. The number of fused-ring (bicyclic) bond motifs is 1. The van der Waals surface area contributed by atoms with Crippen LogP contribution in [0, 0.1) is 11.8 Å². The molecule has 1 saturated carbocycles. The molecule has 2 rings (SSSR count). The summed E-state index contributed by atoms with van der Waals surface area (Å²) in [6, 6.07) is 0.248. The van der Waals surface area contributed by atoms with Crippen LogP contribution in [0.4, 0.5) is 4.79 Å². The quantitative estimate of drug-likeness (QED) is 0.712. The number of carbonyl (C=O) groups excluding carboxylic acids is 1. The van der Waals surface area contributed by atoms with E-state index in [0.717, 1.165) is 6.42 Å². The van der Waals surface area contributed by atoms with Crippen LogP contribution in [0.1, 0.15) is 26.2 Å². The molecule has 15 heavy (non-hydrogen) atoms. The Morgan fingerprint density at radius 2 is 2.27 bits per heavy atom. The van der Waals surface area contributed by atoms with Crippen LogP contribution < -0.4 is 0 Å². The van der Waals surface area contributed by atoms with E-state index in [0.29, 0.717) is 17.9 Å². The first kappa shape index (κ1) is 10.7. The summed E-state index contributed by atoms with van der Waals surface area (Å²) in [6.45, 7) is 2.18. The molecule has 0 bridgehead atoms. The van der Waals surface area contributed by atoms with E-state index in [-0.39, 0.29) is 18.7 Å². The molecule has 1 aliphatic carbocycles. The zero-order valence-corrected chi connectivity index (χ0v) is 9.35. The lowest BCUT2D eigenvalue weighted by atomic mass is 9.90. The van der Waals surface area contributed by atoms with E-state index in [2.05, 4.69) is 6.92 Å². The summed E-state index contributed by atoms with van der Waals surface area (Å²) >= 11 is 0. The van der Waals surface area contributed by atoms with Crippen LogP contribution in [0.25, 0.3) is 0 Å². The average Bonchev–Trinajstić information content (AvgIpc) is 2.79. The minimum atomic E-state index is -0.282. The molecule has 1 saturated heterocycles. The smallest absolute Gasteiger partial charge is 0.410 e. The average molecular weight is 213 g/mol. The van der Waals surface area contributed by atoms with Gasteiger partial charge < -0.3 is 9.84 Å². The molecular weight excluding hydrogens is 194 g/mol. The third-order valence-electron chi connectivity index (χ3n) is 4.10. The third kappa shape index (κ3) is 1.51. The van der Waals surface area contributed by atoms with E-state index >= 15 is 0 Å². The molecule has 0 radical (unpaired) electrons. The second-order valence-electron chi connectivity index (χ2n) is 4.65. The van der Waals surface area contributed by atoms with Crippen molar-refractivity contribution in [1.82, 2.24) is 4.90 Å².